The molecule has 0 aliphatic rings. The fourth-order valence-electron chi connectivity index (χ4n) is 2.56. The van der Waals surface area contributed by atoms with Gasteiger partial charge in [0.1, 0.15) is 5.82 Å². The van der Waals surface area contributed by atoms with E-state index in [-0.39, 0.29) is 22.0 Å². The third kappa shape index (κ3) is 5.67. The number of methoxy groups -OCH3 is 1. The lowest BCUT2D eigenvalue weighted by Crippen LogP contribution is -2.18. The Balaban J connectivity index is 1.72. The van der Waals surface area contributed by atoms with Gasteiger partial charge in [-0.3, -0.25) is 0 Å². The molecule has 7 nitrogen and oxygen atoms in total. The minimum absolute atomic E-state index is 0.0539. The number of rotatable bonds is 7. The second-order valence-corrected chi connectivity index (χ2v) is 8.14. The van der Waals surface area contributed by atoms with Crippen LogP contribution in [0.1, 0.15) is 21.5 Å². The molecule has 160 valence electrons. The standard InChI is InChI=1S/C22H19FN2O5S/c1-15-6-9-19(10-7-15)31(27,28)25-24-14-16-8-11-20(21(12-16)29-2)30-22(26)17-4-3-5-18(23)13-17/h3-14,25H,1-2H3/b24-14+. The molecule has 0 atom stereocenters. The fraction of sp³-hybridized carbons (Fsp3) is 0.0909. The first kappa shape index (κ1) is 22.0. The molecular formula is C22H19FN2O5S. The van der Waals surface area contributed by atoms with E-state index in [1.807, 2.05) is 6.92 Å². The highest BCUT2D eigenvalue weighted by Crippen LogP contribution is 2.28. The highest BCUT2D eigenvalue weighted by atomic mass is 32.2. The van der Waals surface area contributed by atoms with E-state index in [4.69, 9.17) is 9.47 Å². The maximum Gasteiger partial charge on any atom is 0.343 e. The van der Waals surface area contributed by atoms with E-state index in [1.165, 1.54) is 55.8 Å². The molecule has 0 fully saturated rings. The molecule has 3 aromatic rings. The monoisotopic (exact) mass is 442 g/mol. The van der Waals surface area contributed by atoms with Gasteiger partial charge in [-0.1, -0.05) is 23.8 Å². The Hall–Kier alpha value is -3.72. The summed E-state index contributed by atoms with van der Waals surface area (Å²) in [5.74, 6) is -0.963. The van der Waals surface area contributed by atoms with Gasteiger partial charge >= 0.3 is 5.97 Å². The van der Waals surface area contributed by atoms with Crippen LogP contribution in [0.3, 0.4) is 0 Å². The number of aryl methyl sites for hydroxylation is 1. The molecule has 0 radical (unpaired) electrons. The summed E-state index contributed by atoms with van der Waals surface area (Å²) in [6.07, 6.45) is 1.28. The van der Waals surface area contributed by atoms with E-state index in [2.05, 4.69) is 9.93 Å². The fourth-order valence-corrected chi connectivity index (χ4v) is 3.35. The highest BCUT2D eigenvalue weighted by molar-refractivity contribution is 7.89. The number of benzene rings is 3. The maximum absolute atomic E-state index is 13.3. The summed E-state index contributed by atoms with van der Waals surface area (Å²) in [7, 11) is -2.42. The van der Waals surface area contributed by atoms with Gasteiger partial charge in [-0.25, -0.2) is 14.0 Å². The van der Waals surface area contributed by atoms with Crippen LogP contribution >= 0.6 is 0 Å². The molecule has 0 unspecified atom stereocenters. The van der Waals surface area contributed by atoms with Gasteiger partial charge in [-0.15, -0.1) is 0 Å². The Morgan fingerprint density at radius 2 is 1.77 bits per heavy atom. The van der Waals surface area contributed by atoms with Crippen LogP contribution in [0.5, 0.6) is 11.5 Å². The van der Waals surface area contributed by atoms with Crippen molar-refractivity contribution in [2.45, 2.75) is 11.8 Å². The molecule has 0 aromatic heterocycles. The summed E-state index contributed by atoms with van der Waals surface area (Å²) in [4.78, 5) is 14.4. The number of hydrogen-bond acceptors (Lipinski definition) is 6. The van der Waals surface area contributed by atoms with E-state index in [9.17, 15) is 17.6 Å². The largest absolute Gasteiger partial charge is 0.493 e. The lowest BCUT2D eigenvalue weighted by atomic mass is 10.2. The number of hydrazone groups is 1. The highest BCUT2D eigenvalue weighted by Gasteiger charge is 2.14. The summed E-state index contributed by atoms with van der Waals surface area (Å²) in [5.41, 5.74) is 1.49. The SMILES string of the molecule is COc1cc(/C=N/NS(=O)(=O)c2ccc(C)cc2)ccc1OC(=O)c1cccc(F)c1. The molecule has 0 heterocycles. The summed E-state index contributed by atoms with van der Waals surface area (Å²) in [5, 5.41) is 3.77. The van der Waals surface area contributed by atoms with Gasteiger partial charge in [-0.2, -0.15) is 13.5 Å². The second kappa shape index (κ2) is 9.40. The maximum atomic E-state index is 13.3. The Morgan fingerprint density at radius 1 is 1.03 bits per heavy atom. The van der Waals surface area contributed by atoms with Crippen LogP contribution in [0.25, 0.3) is 0 Å². The zero-order chi connectivity index (χ0) is 22.4. The number of hydrogen-bond donors (Lipinski definition) is 1. The van der Waals surface area contributed by atoms with Crippen LogP contribution in [0, 0.1) is 12.7 Å². The van der Waals surface area contributed by atoms with Crippen LogP contribution in [-0.2, 0) is 10.0 Å². The molecule has 0 spiro atoms. The van der Waals surface area contributed by atoms with Crippen LogP contribution in [0.4, 0.5) is 4.39 Å². The van der Waals surface area contributed by atoms with Gasteiger partial charge < -0.3 is 9.47 Å². The summed E-state index contributed by atoms with van der Waals surface area (Å²) in [6, 6.07) is 16.0. The van der Waals surface area contributed by atoms with Crippen molar-refractivity contribution in [3.8, 4) is 11.5 Å². The molecule has 0 aliphatic heterocycles. The van der Waals surface area contributed by atoms with Crippen molar-refractivity contribution in [3.63, 3.8) is 0 Å². The van der Waals surface area contributed by atoms with Crippen LogP contribution < -0.4 is 14.3 Å². The number of esters is 1. The summed E-state index contributed by atoms with van der Waals surface area (Å²) >= 11 is 0. The Bertz CT molecular complexity index is 1220. The number of carbonyl (C=O) groups excluding carboxylic acids is 1. The number of carbonyl (C=O) groups is 1. The van der Waals surface area contributed by atoms with Gasteiger partial charge in [0.2, 0.25) is 0 Å². The molecule has 9 heteroatoms. The Labute approximate surface area is 179 Å². The number of ether oxygens (including phenoxy) is 2. The smallest absolute Gasteiger partial charge is 0.343 e. The van der Waals surface area contributed by atoms with Gasteiger partial charge in [0.25, 0.3) is 10.0 Å². The first-order valence-electron chi connectivity index (χ1n) is 9.06. The van der Waals surface area contributed by atoms with Crippen molar-refractivity contribution < 1.29 is 27.1 Å². The van der Waals surface area contributed by atoms with E-state index < -0.39 is 21.8 Å². The van der Waals surface area contributed by atoms with Crippen molar-refractivity contribution in [3.05, 3.63) is 89.2 Å². The number of nitrogens with zero attached hydrogens (tertiary/aromatic N) is 1. The molecule has 0 saturated heterocycles. The van der Waals surface area contributed by atoms with Crippen LogP contribution in [0.15, 0.2) is 76.7 Å². The molecule has 0 saturated carbocycles. The van der Waals surface area contributed by atoms with Gasteiger partial charge in [0.05, 0.1) is 23.8 Å². The van der Waals surface area contributed by atoms with Crippen LogP contribution in [-0.4, -0.2) is 27.7 Å². The molecular weight excluding hydrogens is 423 g/mol. The number of halogens is 1. The lowest BCUT2D eigenvalue weighted by molar-refractivity contribution is 0.0729. The number of nitrogens with one attached hydrogen (secondary N) is 1. The molecule has 0 amide bonds. The lowest BCUT2D eigenvalue weighted by Gasteiger charge is -2.10. The number of sulfonamides is 1. The van der Waals surface area contributed by atoms with Gasteiger partial charge in [0, 0.05) is 0 Å². The molecule has 3 rings (SSSR count). The Morgan fingerprint density at radius 3 is 2.45 bits per heavy atom. The summed E-state index contributed by atoms with van der Waals surface area (Å²) in [6.45, 7) is 1.86. The van der Waals surface area contributed by atoms with Crippen molar-refractivity contribution >= 4 is 22.2 Å². The van der Waals surface area contributed by atoms with Gasteiger partial charge in [0.15, 0.2) is 11.5 Å². The van der Waals surface area contributed by atoms with Gasteiger partial charge in [-0.05, 0) is 61.0 Å². The van der Waals surface area contributed by atoms with Crippen molar-refractivity contribution in [2.75, 3.05) is 7.11 Å². The minimum atomic E-state index is -3.80. The van der Waals surface area contributed by atoms with E-state index in [0.717, 1.165) is 11.6 Å². The zero-order valence-corrected chi connectivity index (χ0v) is 17.5. The molecule has 0 bridgehead atoms. The summed E-state index contributed by atoms with van der Waals surface area (Å²) < 4.78 is 48.3. The first-order chi connectivity index (χ1) is 14.8. The average molecular weight is 442 g/mol. The zero-order valence-electron chi connectivity index (χ0n) is 16.7. The topological polar surface area (TPSA) is 94.1 Å². The van der Waals surface area contributed by atoms with Crippen molar-refractivity contribution in [1.29, 1.82) is 0 Å². The normalized spacial score (nSPS) is 11.3. The van der Waals surface area contributed by atoms with E-state index in [0.29, 0.717) is 5.56 Å². The van der Waals surface area contributed by atoms with E-state index >= 15 is 0 Å². The van der Waals surface area contributed by atoms with Crippen molar-refractivity contribution in [1.82, 2.24) is 4.83 Å². The third-order valence-corrected chi connectivity index (χ3v) is 5.41. The quantitative estimate of drug-likeness (QED) is 0.261. The minimum Gasteiger partial charge on any atom is -0.493 e. The third-order valence-electron chi connectivity index (χ3n) is 4.17. The predicted molar refractivity (Wildman–Crippen MR) is 113 cm³/mol. The second-order valence-electron chi connectivity index (χ2n) is 6.48. The van der Waals surface area contributed by atoms with Crippen molar-refractivity contribution in [2.24, 2.45) is 5.10 Å². The Kier molecular flexibility index (Phi) is 6.66. The molecule has 3 aromatic carbocycles. The van der Waals surface area contributed by atoms with Crippen LogP contribution in [0.2, 0.25) is 0 Å². The molecule has 0 aliphatic carbocycles. The predicted octanol–water partition coefficient (Wildman–Crippen LogP) is 3.67. The van der Waals surface area contributed by atoms with E-state index in [1.54, 1.807) is 18.2 Å². The average Bonchev–Trinajstić information content (AvgIpc) is 2.74. The molecule has 1 N–H and O–H groups in total. The first-order valence-corrected chi connectivity index (χ1v) is 10.5. The molecule has 31 heavy (non-hydrogen) atoms.